The van der Waals surface area contributed by atoms with Crippen LogP contribution in [0.4, 0.5) is 0 Å². The fourth-order valence-corrected chi connectivity index (χ4v) is 4.25. The molecule has 146 valence electrons. The van der Waals surface area contributed by atoms with Crippen molar-refractivity contribution in [2.75, 3.05) is 0 Å². The first kappa shape index (κ1) is 20.4. The molecule has 1 N–H and O–H groups in total. The molecule has 0 aromatic heterocycles. The van der Waals surface area contributed by atoms with Crippen molar-refractivity contribution in [2.45, 2.75) is 32.8 Å². The Morgan fingerprint density at radius 3 is 2.54 bits per heavy atom. The summed E-state index contributed by atoms with van der Waals surface area (Å²) >= 11 is 4.86. The number of ether oxygens (including phenoxy) is 1. The fraction of sp³-hybridized carbons (Fsp3) is 0.250. The van der Waals surface area contributed by atoms with Crippen molar-refractivity contribution in [1.82, 2.24) is 10.3 Å². The number of amides is 2. The molecular weight excluding hydrogens is 442 g/mol. The van der Waals surface area contributed by atoms with Crippen LogP contribution in [0.1, 0.15) is 35.9 Å². The van der Waals surface area contributed by atoms with Gasteiger partial charge in [-0.05, 0) is 46.1 Å². The molecule has 1 heterocycles. The van der Waals surface area contributed by atoms with Gasteiger partial charge in [0.25, 0.3) is 0 Å². The first-order chi connectivity index (χ1) is 13.3. The predicted octanol–water partition coefficient (Wildman–Crippen LogP) is 4.34. The van der Waals surface area contributed by atoms with Gasteiger partial charge in [0.15, 0.2) is 5.17 Å². The van der Waals surface area contributed by atoms with Gasteiger partial charge in [-0.1, -0.05) is 47.7 Å². The molecule has 1 atom stereocenters. The molecule has 0 bridgehead atoms. The summed E-state index contributed by atoms with van der Waals surface area (Å²) in [6.45, 7) is 5.37. The molecule has 1 aliphatic rings. The quantitative estimate of drug-likeness (QED) is 0.734. The van der Waals surface area contributed by atoms with Gasteiger partial charge in [0, 0.05) is 13.8 Å². The van der Waals surface area contributed by atoms with E-state index in [2.05, 4.69) is 38.5 Å². The zero-order chi connectivity index (χ0) is 20.3. The van der Waals surface area contributed by atoms with E-state index < -0.39 is 0 Å². The van der Waals surface area contributed by atoms with Crippen molar-refractivity contribution < 1.29 is 14.3 Å². The molecule has 2 aromatic rings. The van der Waals surface area contributed by atoms with Crippen LogP contribution >= 0.6 is 27.7 Å². The molecule has 0 saturated heterocycles. The predicted molar refractivity (Wildman–Crippen MR) is 114 cm³/mol. The lowest BCUT2D eigenvalue weighted by molar-refractivity contribution is -0.129. The molecule has 0 saturated carbocycles. The first-order valence-electron chi connectivity index (χ1n) is 8.64. The zero-order valence-corrected chi connectivity index (χ0v) is 18.1. The number of halogens is 1. The first-order valence-corrected chi connectivity index (χ1v) is 10.3. The van der Waals surface area contributed by atoms with Gasteiger partial charge >= 0.3 is 0 Å². The summed E-state index contributed by atoms with van der Waals surface area (Å²) in [5, 5.41) is 8.27. The van der Waals surface area contributed by atoms with E-state index in [0.29, 0.717) is 17.5 Å². The third-order valence-corrected chi connectivity index (χ3v) is 5.73. The summed E-state index contributed by atoms with van der Waals surface area (Å²) in [5.41, 5.74) is 3.17. The van der Waals surface area contributed by atoms with Gasteiger partial charge in [-0.25, -0.2) is 5.01 Å². The Hall–Kier alpha value is -2.32. The van der Waals surface area contributed by atoms with Crippen LogP contribution in [0.5, 0.6) is 5.75 Å². The number of carbonyl (C=O) groups is 2. The maximum Gasteiger partial charge on any atom is 0.241 e. The van der Waals surface area contributed by atoms with E-state index in [1.165, 1.54) is 36.2 Å². The lowest BCUT2D eigenvalue weighted by Crippen LogP contribution is -2.25. The minimum atomic E-state index is -0.346. The number of amidine groups is 1. The molecule has 0 radical (unpaired) electrons. The van der Waals surface area contributed by atoms with Gasteiger partial charge < -0.3 is 10.1 Å². The van der Waals surface area contributed by atoms with Crippen molar-refractivity contribution >= 4 is 44.7 Å². The highest BCUT2D eigenvalue weighted by molar-refractivity contribution is 9.10. The molecule has 28 heavy (non-hydrogen) atoms. The van der Waals surface area contributed by atoms with Crippen molar-refractivity contribution in [2.24, 2.45) is 5.10 Å². The summed E-state index contributed by atoms with van der Waals surface area (Å²) < 4.78 is 6.69. The Bertz CT molecular complexity index is 931. The number of carbonyl (C=O) groups excluding carboxylic acids is 2. The van der Waals surface area contributed by atoms with Crippen LogP contribution in [-0.2, 0) is 16.2 Å². The van der Waals surface area contributed by atoms with Crippen molar-refractivity contribution in [1.29, 1.82) is 0 Å². The minimum absolute atomic E-state index is 0.200. The van der Waals surface area contributed by atoms with Crippen molar-refractivity contribution in [3.8, 4) is 5.75 Å². The van der Waals surface area contributed by atoms with E-state index in [1.54, 1.807) is 0 Å². The van der Waals surface area contributed by atoms with E-state index in [-0.39, 0.29) is 17.2 Å². The van der Waals surface area contributed by atoms with Gasteiger partial charge in [0.2, 0.25) is 11.8 Å². The topological polar surface area (TPSA) is 71.0 Å². The fourth-order valence-electron chi connectivity index (χ4n) is 2.61. The number of thioether (sulfide) groups is 1. The number of aryl methyl sites for hydroxylation is 1. The summed E-state index contributed by atoms with van der Waals surface area (Å²) in [7, 11) is 0. The number of benzene rings is 2. The second kappa shape index (κ2) is 8.79. The van der Waals surface area contributed by atoms with Crippen LogP contribution in [0.3, 0.4) is 0 Å². The summed E-state index contributed by atoms with van der Waals surface area (Å²) in [6, 6.07) is 13.9. The maximum atomic E-state index is 12.0. The molecule has 0 aliphatic carbocycles. The van der Waals surface area contributed by atoms with Crippen LogP contribution in [0.2, 0.25) is 0 Å². The number of nitrogens with zero attached hydrogens (tertiary/aromatic N) is 2. The third-order valence-electron chi connectivity index (χ3n) is 4.01. The molecule has 0 fully saturated rings. The Balaban J connectivity index is 1.73. The SMILES string of the molecule is CC(=O)NC1=NN(C(C)=O)C(c2ccc(OCc3ccc(C)cc3)c(Br)c2)S1. The monoisotopic (exact) mass is 461 g/mol. The molecule has 3 rings (SSSR count). The standard InChI is InChI=1S/C20H20BrN3O3S/c1-12-4-6-15(7-5-12)11-27-18-9-8-16(10-17(18)21)19-24(14(3)26)23-20(28-19)22-13(2)25/h4-10,19H,11H2,1-3H3,(H,22,23,25). The van der Waals surface area contributed by atoms with Gasteiger partial charge in [-0.2, -0.15) is 0 Å². The van der Waals surface area contributed by atoms with E-state index in [0.717, 1.165) is 15.6 Å². The number of hydrogen-bond acceptors (Lipinski definition) is 5. The van der Waals surface area contributed by atoms with Crippen molar-refractivity contribution in [3.63, 3.8) is 0 Å². The largest absolute Gasteiger partial charge is 0.488 e. The molecule has 0 spiro atoms. The lowest BCUT2D eigenvalue weighted by Gasteiger charge is -2.20. The summed E-state index contributed by atoms with van der Waals surface area (Å²) in [5.74, 6) is 0.287. The molecule has 2 amide bonds. The zero-order valence-electron chi connectivity index (χ0n) is 15.7. The Morgan fingerprint density at radius 2 is 1.93 bits per heavy atom. The molecule has 8 heteroatoms. The number of rotatable bonds is 4. The van der Waals surface area contributed by atoms with Gasteiger partial charge in [0.1, 0.15) is 17.7 Å². The molecule has 1 unspecified atom stereocenters. The van der Waals surface area contributed by atoms with Crippen LogP contribution in [-0.4, -0.2) is 22.0 Å². The van der Waals surface area contributed by atoms with Gasteiger partial charge in [-0.15, -0.1) is 5.10 Å². The average molecular weight is 462 g/mol. The Morgan fingerprint density at radius 1 is 1.21 bits per heavy atom. The highest BCUT2D eigenvalue weighted by Gasteiger charge is 2.32. The highest BCUT2D eigenvalue weighted by Crippen LogP contribution is 2.41. The van der Waals surface area contributed by atoms with Crippen LogP contribution in [0, 0.1) is 6.92 Å². The number of nitrogens with one attached hydrogen (secondary N) is 1. The minimum Gasteiger partial charge on any atom is -0.488 e. The number of hydrogen-bond donors (Lipinski definition) is 1. The smallest absolute Gasteiger partial charge is 0.241 e. The molecule has 2 aromatic carbocycles. The third kappa shape index (κ3) is 4.94. The Labute approximate surface area is 176 Å². The van der Waals surface area contributed by atoms with Gasteiger partial charge in [0.05, 0.1) is 4.47 Å². The Kier molecular flexibility index (Phi) is 6.41. The second-order valence-electron chi connectivity index (χ2n) is 6.38. The molecule has 6 nitrogen and oxygen atoms in total. The molecular formula is C20H20BrN3O3S. The van der Waals surface area contributed by atoms with Gasteiger partial charge in [-0.3, -0.25) is 9.59 Å². The second-order valence-corrected chi connectivity index (χ2v) is 8.31. The van der Waals surface area contributed by atoms with Crippen LogP contribution in [0.25, 0.3) is 0 Å². The lowest BCUT2D eigenvalue weighted by atomic mass is 10.2. The van der Waals surface area contributed by atoms with E-state index in [1.807, 2.05) is 37.3 Å². The van der Waals surface area contributed by atoms with E-state index >= 15 is 0 Å². The number of hydrazone groups is 1. The summed E-state index contributed by atoms with van der Waals surface area (Å²) in [6.07, 6.45) is 0. The van der Waals surface area contributed by atoms with Crippen LogP contribution < -0.4 is 10.1 Å². The van der Waals surface area contributed by atoms with E-state index in [4.69, 9.17) is 4.74 Å². The average Bonchev–Trinajstić information content (AvgIpc) is 3.05. The maximum absolute atomic E-state index is 12.0. The van der Waals surface area contributed by atoms with Crippen LogP contribution in [0.15, 0.2) is 52.0 Å². The van der Waals surface area contributed by atoms with E-state index in [9.17, 15) is 9.59 Å². The highest BCUT2D eigenvalue weighted by atomic mass is 79.9. The molecule has 1 aliphatic heterocycles. The normalized spacial score (nSPS) is 15.9. The van der Waals surface area contributed by atoms with Crippen molar-refractivity contribution in [3.05, 3.63) is 63.6 Å². The summed E-state index contributed by atoms with van der Waals surface area (Å²) in [4.78, 5) is 23.2.